The first kappa shape index (κ1) is 33.5. The number of rotatable bonds is 8. The Morgan fingerprint density at radius 1 is 0.489 bits per heavy atom. The van der Waals surface area contributed by atoms with Gasteiger partial charge in [0.25, 0.3) is 0 Å². The fourth-order valence-corrected chi connectivity index (χ4v) is 9.18. The van der Waals surface area contributed by atoms with Crippen LogP contribution < -0.4 is 10.4 Å². The van der Waals surface area contributed by atoms with E-state index in [2.05, 4.69) is 177 Å². The molecule has 242 valence electrons. The fourth-order valence-electron chi connectivity index (χ4n) is 6.03. The van der Waals surface area contributed by atoms with E-state index in [0.29, 0.717) is 9.52 Å². The third-order valence-corrected chi connectivity index (χ3v) is 20.9. The van der Waals surface area contributed by atoms with Crippen LogP contribution in [0.2, 0.25) is 36.3 Å². The molecule has 0 heterocycles. The molecule has 2 radical (unpaired) electrons. The average Bonchev–Trinajstić information content (AvgIpc) is 3.53. The van der Waals surface area contributed by atoms with Crippen molar-refractivity contribution < 1.29 is 8.85 Å². The van der Waals surface area contributed by atoms with Gasteiger partial charge >= 0.3 is 0 Å². The van der Waals surface area contributed by atoms with Crippen LogP contribution in [0.25, 0.3) is 12.2 Å². The Hall–Kier alpha value is -3.39. The molecule has 0 spiro atoms. The summed E-state index contributed by atoms with van der Waals surface area (Å²) >= 11 is 0. The van der Waals surface area contributed by atoms with Gasteiger partial charge in [0.2, 0.25) is 16.6 Å². The van der Waals surface area contributed by atoms with E-state index in [4.69, 9.17) is 8.85 Å². The second-order valence-corrected chi connectivity index (χ2v) is 27.2. The molecule has 0 N–H and O–H groups in total. The summed E-state index contributed by atoms with van der Waals surface area (Å²) in [6.45, 7) is 23.2. The molecular formula is C42H50O2Si3. The molecule has 0 saturated heterocycles. The zero-order chi connectivity index (χ0) is 33.8. The summed E-state index contributed by atoms with van der Waals surface area (Å²) in [5.41, 5.74) is 7.82. The molecule has 2 aliphatic rings. The van der Waals surface area contributed by atoms with Crippen LogP contribution in [0, 0.1) is 0 Å². The summed E-state index contributed by atoms with van der Waals surface area (Å²) in [5, 5.41) is 2.97. The van der Waals surface area contributed by atoms with Crippen molar-refractivity contribution in [3.8, 4) is 0 Å². The van der Waals surface area contributed by atoms with Crippen LogP contribution in [0.4, 0.5) is 0 Å². The molecule has 2 atom stereocenters. The lowest BCUT2D eigenvalue weighted by Crippen LogP contribution is -2.40. The molecule has 0 saturated carbocycles. The van der Waals surface area contributed by atoms with Crippen LogP contribution in [0.1, 0.15) is 86.8 Å². The number of fused-ring (bicyclic) bond motifs is 2. The van der Waals surface area contributed by atoms with Crippen molar-refractivity contribution in [1.29, 1.82) is 0 Å². The van der Waals surface area contributed by atoms with E-state index in [9.17, 15) is 0 Å². The normalized spacial score (nSPS) is 17.9. The van der Waals surface area contributed by atoms with Gasteiger partial charge in [-0.05, 0) is 81.8 Å². The van der Waals surface area contributed by atoms with Gasteiger partial charge in [0.05, 0.1) is 23.4 Å². The van der Waals surface area contributed by atoms with Gasteiger partial charge in [-0.1, -0.05) is 149 Å². The van der Waals surface area contributed by atoms with E-state index < -0.39 is 16.6 Å². The number of benzene rings is 4. The summed E-state index contributed by atoms with van der Waals surface area (Å²) in [4.78, 5) is 0. The lowest BCUT2D eigenvalue weighted by Gasteiger charge is -2.38. The Morgan fingerprint density at radius 2 is 0.830 bits per heavy atom. The Morgan fingerprint density at radius 3 is 1.17 bits per heavy atom. The minimum atomic E-state index is -1.98. The van der Waals surface area contributed by atoms with Crippen LogP contribution in [-0.2, 0) is 8.85 Å². The summed E-state index contributed by atoms with van der Waals surface area (Å²) < 4.78 is 13.9. The molecule has 4 aromatic carbocycles. The van der Waals surface area contributed by atoms with Gasteiger partial charge < -0.3 is 8.85 Å². The second kappa shape index (κ2) is 12.2. The van der Waals surface area contributed by atoms with Gasteiger partial charge in [-0.2, -0.15) is 0 Å². The molecule has 2 unspecified atom stereocenters. The number of hydrogen-bond donors (Lipinski definition) is 0. The van der Waals surface area contributed by atoms with E-state index in [1.54, 1.807) is 0 Å². The third-order valence-electron chi connectivity index (χ3n) is 10.9. The van der Waals surface area contributed by atoms with Crippen molar-refractivity contribution in [1.82, 2.24) is 0 Å². The van der Waals surface area contributed by atoms with Crippen molar-refractivity contribution in [3.63, 3.8) is 0 Å². The number of allylic oxidation sites excluding steroid dienone is 2. The van der Waals surface area contributed by atoms with Crippen molar-refractivity contribution >= 4 is 48.7 Å². The summed E-state index contributed by atoms with van der Waals surface area (Å²) in [6, 6.07) is 36.0. The van der Waals surface area contributed by atoms with Crippen molar-refractivity contribution in [2.45, 2.75) is 89.6 Å². The van der Waals surface area contributed by atoms with Crippen LogP contribution in [0.3, 0.4) is 0 Å². The topological polar surface area (TPSA) is 18.5 Å². The lowest BCUT2D eigenvalue weighted by atomic mass is 9.92. The lowest BCUT2D eigenvalue weighted by molar-refractivity contribution is 0.369. The highest BCUT2D eigenvalue weighted by Gasteiger charge is 2.43. The van der Waals surface area contributed by atoms with E-state index in [-0.39, 0.29) is 21.9 Å². The molecule has 4 aromatic rings. The molecule has 2 nitrogen and oxygen atoms in total. The Labute approximate surface area is 288 Å². The predicted molar refractivity (Wildman–Crippen MR) is 207 cm³/mol. The molecule has 47 heavy (non-hydrogen) atoms. The smallest absolute Gasteiger partial charge is 0.250 e. The monoisotopic (exact) mass is 670 g/mol. The van der Waals surface area contributed by atoms with Gasteiger partial charge in [0, 0.05) is 0 Å². The molecule has 5 heteroatoms. The molecule has 0 aliphatic heterocycles. The molecular weight excluding hydrogens is 621 g/mol. The highest BCUT2D eigenvalue weighted by atomic mass is 28.4. The molecule has 0 fully saturated rings. The van der Waals surface area contributed by atoms with Gasteiger partial charge in [-0.15, -0.1) is 0 Å². The highest BCUT2D eigenvalue weighted by molar-refractivity contribution is 6.74. The molecule has 2 aliphatic carbocycles. The third kappa shape index (κ3) is 6.67. The van der Waals surface area contributed by atoms with Gasteiger partial charge in [0.15, 0.2) is 0 Å². The van der Waals surface area contributed by atoms with Crippen molar-refractivity contribution in [2.75, 3.05) is 0 Å². The average molecular weight is 671 g/mol. The zero-order valence-electron chi connectivity index (χ0n) is 29.9. The van der Waals surface area contributed by atoms with Gasteiger partial charge in [0.1, 0.15) is 9.52 Å². The van der Waals surface area contributed by atoms with Crippen LogP contribution in [0.15, 0.2) is 109 Å². The van der Waals surface area contributed by atoms with E-state index in [1.165, 1.54) is 43.8 Å². The maximum absolute atomic E-state index is 6.96. The predicted octanol–water partition coefficient (Wildman–Crippen LogP) is 10.4. The SMILES string of the molecule is CC(C)(C)[Si](C)(C)OC1=Cc2ccccc2C1c1ccc([Si]c2ccc(C3C(O[Si](C)(C)C(C)(C)C)=Cc4ccccc43)cc2)cc1. The Kier molecular flexibility index (Phi) is 8.73. The maximum Gasteiger partial charge on any atom is 0.250 e. The van der Waals surface area contributed by atoms with Crippen molar-refractivity contribution in [3.05, 3.63) is 142 Å². The second-order valence-electron chi connectivity index (χ2n) is 16.3. The highest BCUT2D eigenvalue weighted by Crippen LogP contribution is 2.47. The Bertz CT molecular complexity index is 1680. The summed E-state index contributed by atoms with van der Waals surface area (Å²) in [7, 11) is -3.37. The molecule has 6 rings (SSSR count). The molecule has 0 aromatic heterocycles. The van der Waals surface area contributed by atoms with Gasteiger partial charge in [-0.3, -0.25) is 0 Å². The molecule has 0 bridgehead atoms. The van der Waals surface area contributed by atoms with E-state index in [1.807, 2.05) is 0 Å². The quantitative estimate of drug-likeness (QED) is 0.174. The summed E-state index contributed by atoms with van der Waals surface area (Å²) in [6.07, 6.45) is 4.55. The maximum atomic E-state index is 6.96. The minimum Gasteiger partial charge on any atom is -0.546 e. The largest absolute Gasteiger partial charge is 0.546 e. The van der Waals surface area contributed by atoms with Crippen molar-refractivity contribution in [2.24, 2.45) is 0 Å². The fraction of sp³-hybridized carbons (Fsp3) is 0.333. The Balaban J connectivity index is 1.21. The summed E-state index contributed by atoms with van der Waals surface area (Å²) in [5.74, 6) is 2.48. The first-order valence-electron chi connectivity index (χ1n) is 17.0. The van der Waals surface area contributed by atoms with Crippen LogP contribution in [0.5, 0.6) is 0 Å². The first-order chi connectivity index (χ1) is 22.0. The van der Waals surface area contributed by atoms with Gasteiger partial charge in [-0.25, -0.2) is 0 Å². The zero-order valence-corrected chi connectivity index (χ0v) is 32.9. The minimum absolute atomic E-state index is 0.141. The van der Waals surface area contributed by atoms with E-state index >= 15 is 0 Å². The first-order valence-corrected chi connectivity index (χ1v) is 23.8. The number of hydrogen-bond acceptors (Lipinski definition) is 2. The standard InChI is InChI=1S/C42H50O2Si3/c1-41(2,3)46(7,8)43-37-27-31-15-11-13-17-35(31)39(37)29-19-23-33(24-20-29)45-34-25-21-30(22-26-34)40-36-18-14-12-16-32(36)28-38(40)44-47(9,10)42(4,5)6/h11-28,39-40H,1-10H3. The van der Waals surface area contributed by atoms with E-state index in [0.717, 1.165) is 11.5 Å². The van der Waals surface area contributed by atoms with Crippen LogP contribution in [-0.4, -0.2) is 26.2 Å². The molecule has 0 amide bonds. The van der Waals surface area contributed by atoms with Crippen LogP contribution >= 0.6 is 0 Å².